The van der Waals surface area contributed by atoms with E-state index in [2.05, 4.69) is 27.4 Å². The number of rotatable bonds is 8. The van der Waals surface area contributed by atoms with Crippen molar-refractivity contribution in [3.63, 3.8) is 0 Å². The normalized spacial score (nSPS) is 12.6. The third-order valence-corrected chi connectivity index (χ3v) is 5.61. The minimum Gasteiger partial charge on any atom is -0.449 e. The molecule has 6 nitrogen and oxygen atoms in total. The average molecular weight is 454 g/mol. The Kier molecular flexibility index (Phi) is 7.28. The van der Waals surface area contributed by atoms with Gasteiger partial charge in [-0.2, -0.15) is 0 Å². The third-order valence-electron chi connectivity index (χ3n) is 5.61. The van der Waals surface area contributed by atoms with Crippen LogP contribution in [0.1, 0.15) is 36.2 Å². The molecule has 6 heteroatoms. The van der Waals surface area contributed by atoms with Gasteiger partial charge < -0.3 is 10.1 Å². The molecule has 4 rings (SSSR count). The minimum absolute atomic E-state index is 0.0497. The molecule has 1 amide bonds. The largest absolute Gasteiger partial charge is 0.449 e. The highest BCUT2D eigenvalue weighted by Gasteiger charge is 2.22. The zero-order chi connectivity index (χ0) is 23.9. The van der Waals surface area contributed by atoms with E-state index in [4.69, 9.17) is 4.74 Å². The molecular weight excluding hydrogens is 426 g/mol. The molecule has 0 bridgehead atoms. The summed E-state index contributed by atoms with van der Waals surface area (Å²) in [5.41, 5.74) is 3.45. The second kappa shape index (κ2) is 10.7. The van der Waals surface area contributed by atoms with Gasteiger partial charge in [-0.15, -0.1) is 0 Å². The number of fused-ring (bicyclic) bond motifs is 1. The van der Waals surface area contributed by atoms with E-state index >= 15 is 0 Å². The molecule has 2 heterocycles. The van der Waals surface area contributed by atoms with Crippen LogP contribution in [0.15, 0.2) is 85.1 Å². The molecule has 0 aliphatic carbocycles. The number of benzene rings is 2. The van der Waals surface area contributed by atoms with Crippen LogP contribution in [0.3, 0.4) is 0 Å². The Labute approximate surface area is 199 Å². The predicted molar refractivity (Wildman–Crippen MR) is 132 cm³/mol. The van der Waals surface area contributed by atoms with Gasteiger partial charge in [0.2, 0.25) is 0 Å². The highest BCUT2D eigenvalue weighted by Crippen LogP contribution is 2.24. The summed E-state index contributed by atoms with van der Waals surface area (Å²) in [6, 6.07) is 24.6. The maximum atomic E-state index is 13.1. The number of amides is 1. The molecule has 2 aromatic heterocycles. The van der Waals surface area contributed by atoms with Crippen molar-refractivity contribution in [2.24, 2.45) is 0 Å². The van der Waals surface area contributed by atoms with Crippen molar-refractivity contribution in [3.05, 3.63) is 96.2 Å². The first-order chi connectivity index (χ1) is 16.5. The van der Waals surface area contributed by atoms with Gasteiger partial charge in [0.1, 0.15) is 0 Å². The monoisotopic (exact) mass is 453 g/mol. The van der Waals surface area contributed by atoms with E-state index in [-0.39, 0.29) is 11.9 Å². The van der Waals surface area contributed by atoms with Crippen LogP contribution < -0.4 is 5.32 Å². The number of carbonyl (C=O) groups is 2. The molecule has 0 aliphatic rings. The number of hydrogen-bond donors (Lipinski definition) is 1. The number of nitrogens with one attached hydrogen (secondary N) is 1. The molecule has 172 valence electrons. The molecule has 34 heavy (non-hydrogen) atoms. The lowest BCUT2D eigenvalue weighted by molar-refractivity contribution is -0.129. The number of pyridine rings is 2. The Hall–Kier alpha value is -4.06. The number of ether oxygens (including phenoxy) is 1. The fourth-order valence-corrected chi connectivity index (χ4v) is 3.73. The molecule has 4 aromatic rings. The molecule has 0 radical (unpaired) electrons. The van der Waals surface area contributed by atoms with Crippen LogP contribution in [-0.4, -0.2) is 34.0 Å². The van der Waals surface area contributed by atoms with Crippen LogP contribution in [0.5, 0.6) is 0 Å². The van der Waals surface area contributed by atoms with Crippen molar-refractivity contribution in [1.29, 1.82) is 0 Å². The molecule has 0 fully saturated rings. The fourth-order valence-electron chi connectivity index (χ4n) is 3.73. The summed E-state index contributed by atoms with van der Waals surface area (Å²) in [6.07, 6.45) is 2.39. The summed E-state index contributed by atoms with van der Waals surface area (Å²) < 4.78 is 5.56. The van der Waals surface area contributed by atoms with E-state index in [1.165, 1.54) is 5.56 Å². The number of nitrogens with zero attached hydrogens (tertiary/aromatic N) is 2. The van der Waals surface area contributed by atoms with E-state index in [0.717, 1.165) is 12.8 Å². The summed E-state index contributed by atoms with van der Waals surface area (Å²) in [7, 11) is 0. The summed E-state index contributed by atoms with van der Waals surface area (Å²) in [6.45, 7) is 3.53. The lowest BCUT2D eigenvalue weighted by Crippen LogP contribution is -2.41. The number of esters is 1. The Morgan fingerprint density at radius 3 is 2.41 bits per heavy atom. The standard InChI is InChI=1S/C28H27N3O3/c1-19(15-16-21-10-4-3-5-11-21)30-27(32)20(2)34-28(33)23-18-26(25-14-8-9-17-29-25)31-24-13-7-6-12-22(23)24/h3-14,17-20H,15-16H2,1-2H3,(H,30,32)/t19-,20-/m0/s1. The van der Waals surface area contributed by atoms with Crippen molar-refractivity contribution in [2.45, 2.75) is 38.8 Å². The van der Waals surface area contributed by atoms with Gasteiger partial charge in [-0.05, 0) is 56.5 Å². The van der Waals surface area contributed by atoms with Crippen molar-refractivity contribution in [2.75, 3.05) is 0 Å². The van der Waals surface area contributed by atoms with Crippen molar-refractivity contribution >= 4 is 22.8 Å². The smallest absolute Gasteiger partial charge is 0.339 e. The third kappa shape index (κ3) is 5.64. The fraction of sp³-hybridized carbons (Fsp3) is 0.214. The van der Waals surface area contributed by atoms with Crippen LogP contribution in [0.2, 0.25) is 0 Å². The van der Waals surface area contributed by atoms with Crippen LogP contribution in [0.4, 0.5) is 0 Å². The topological polar surface area (TPSA) is 81.2 Å². The summed E-state index contributed by atoms with van der Waals surface area (Å²) in [5.74, 6) is -0.896. The Bertz CT molecular complexity index is 1280. The van der Waals surface area contributed by atoms with Gasteiger partial charge in [0.05, 0.1) is 22.5 Å². The maximum absolute atomic E-state index is 13.1. The van der Waals surface area contributed by atoms with E-state index in [9.17, 15) is 9.59 Å². The highest BCUT2D eigenvalue weighted by molar-refractivity contribution is 6.05. The first-order valence-electron chi connectivity index (χ1n) is 11.4. The molecule has 2 atom stereocenters. The van der Waals surface area contributed by atoms with Crippen molar-refractivity contribution in [1.82, 2.24) is 15.3 Å². The van der Waals surface area contributed by atoms with Gasteiger partial charge in [0.15, 0.2) is 6.10 Å². The predicted octanol–water partition coefficient (Wildman–Crippen LogP) is 4.98. The van der Waals surface area contributed by atoms with Crippen molar-refractivity contribution < 1.29 is 14.3 Å². The number of aromatic nitrogens is 2. The maximum Gasteiger partial charge on any atom is 0.339 e. The summed E-state index contributed by atoms with van der Waals surface area (Å²) in [5, 5.41) is 3.61. The second-order valence-corrected chi connectivity index (χ2v) is 8.27. The molecule has 0 saturated carbocycles. The Morgan fingerprint density at radius 1 is 0.912 bits per heavy atom. The first-order valence-corrected chi connectivity index (χ1v) is 11.4. The quantitative estimate of drug-likeness (QED) is 0.381. The van der Waals surface area contributed by atoms with Crippen LogP contribution in [0, 0.1) is 0 Å². The van der Waals surface area contributed by atoms with Crippen LogP contribution in [0.25, 0.3) is 22.3 Å². The second-order valence-electron chi connectivity index (χ2n) is 8.27. The molecule has 0 spiro atoms. The van der Waals surface area contributed by atoms with E-state index in [1.807, 2.05) is 67.6 Å². The SMILES string of the molecule is C[C@H](OC(=O)c1cc(-c2ccccn2)nc2ccccc12)C(=O)N[C@@H](C)CCc1ccccc1. The van der Waals surface area contributed by atoms with Gasteiger partial charge in [0.25, 0.3) is 5.91 Å². The van der Waals surface area contributed by atoms with E-state index < -0.39 is 12.1 Å². The van der Waals surface area contributed by atoms with Gasteiger partial charge in [-0.25, -0.2) is 9.78 Å². The number of para-hydroxylation sites is 1. The average Bonchev–Trinajstić information content (AvgIpc) is 2.87. The molecule has 2 aromatic carbocycles. The van der Waals surface area contributed by atoms with Crippen LogP contribution in [-0.2, 0) is 16.0 Å². The molecule has 1 N–H and O–H groups in total. The first kappa shape index (κ1) is 23.1. The minimum atomic E-state index is -0.933. The number of aryl methyl sites for hydroxylation is 1. The number of hydrogen-bond acceptors (Lipinski definition) is 5. The van der Waals surface area contributed by atoms with Crippen molar-refractivity contribution in [3.8, 4) is 11.4 Å². The lowest BCUT2D eigenvalue weighted by atomic mass is 10.1. The molecule has 0 saturated heterocycles. The lowest BCUT2D eigenvalue weighted by Gasteiger charge is -2.18. The molecular formula is C28H27N3O3. The zero-order valence-corrected chi connectivity index (χ0v) is 19.3. The van der Waals surface area contributed by atoms with Crippen LogP contribution >= 0.6 is 0 Å². The summed E-state index contributed by atoms with van der Waals surface area (Å²) >= 11 is 0. The van der Waals surface area contributed by atoms with Gasteiger partial charge in [-0.3, -0.25) is 9.78 Å². The molecule has 0 aliphatic heterocycles. The van der Waals surface area contributed by atoms with Gasteiger partial charge >= 0.3 is 5.97 Å². The highest BCUT2D eigenvalue weighted by atomic mass is 16.5. The van der Waals surface area contributed by atoms with Gasteiger partial charge in [-0.1, -0.05) is 54.6 Å². The molecule has 0 unspecified atom stereocenters. The zero-order valence-electron chi connectivity index (χ0n) is 19.3. The van der Waals surface area contributed by atoms with E-state index in [1.54, 1.807) is 19.2 Å². The van der Waals surface area contributed by atoms with Gasteiger partial charge in [0, 0.05) is 17.6 Å². The Morgan fingerprint density at radius 2 is 1.65 bits per heavy atom. The van der Waals surface area contributed by atoms with E-state index in [0.29, 0.717) is 27.9 Å². The Balaban J connectivity index is 1.45. The number of carbonyl (C=O) groups excluding carboxylic acids is 2. The summed E-state index contributed by atoms with van der Waals surface area (Å²) in [4.78, 5) is 34.8.